The highest BCUT2D eigenvalue weighted by Crippen LogP contribution is 2.47. The molecule has 2 aliphatic carbocycles. The van der Waals surface area contributed by atoms with Crippen molar-refractivity contribution in [1.82, 2.24) is 0 Å². The predicted octanol–water partition coefficient (Wildman–Crippen LogP) is 3.26. The smallest absolute Gasteiger partial charge is 0.0653 e. The van der Waals surface area contributed by atoms with E-state index in [1.54, 1.807) is 0 Å². The van der Waals surface area contributed by atoms with Crippen molar-refractivity contribution in [2.24, 2.45) is 5.41 Å². The van der Waals surface area contributed by atoms with E-state index in [9.17, 15) is 5.11 Å². The van der Waals surface area contributed by atoms with Crippen LogP contribution in [0.2, 0.25) is 0 Å². The van der Waals surface area contributed by atoms with Gasteiger partial charge < -0.3 is 5.11 Å². The van der Waals surface area contributed by atoms with Gasteiger partial charge in [-0.1, -0.05) is 32.6 Å². The lowest BCUT2D eigenvalue weighted by Crippen LogP contribution is -2.41. The Balaban J connectivity index is 2.11. The average Bonchev–Trinajstić information content (AvgIpc) is 2.01. The molecule has 13 heavy (non-hydrogen) atoms. The molecule has 0 saturated heterocycles. The van der Waals surface area contributed by atoms with Crippen LogP contribution in [0.1, 0.15) is 64.7 Å². The van der Waals surface area contributed by atoms with Gasteiger partial charge in [-0.05, 0) is 37.5 Å². The van der Waals surface area contributed by atoms with E-state index in [0.29, 0.717) is 5.41 Å². The quantitative estimate of drug-likeness (QED) is 0.609. The summed E-state index contributed by atoms with van der Waals surface area (Å²) in [6, 6.07) is 0. The van der Waals surface area contributed by atoms with Crippen LogP contribution >= 0.6 is 0 Å². The molecule has 2 aliphatic rings. The minimum atomic E-state index is -0.284. The van der Waals surface area contributed by atoms with Gasteiger partial charge in [0.15, 0.2) is 0 Å². The lowest BCUT2D eigenvalue weighted by molar-refractivity contribution is -0.0607. The fourth-order valence-electron chi connectivity index (χ4n) is 3.42. The third kappa shape index (κ3) is 2.07. The molecule has 0 aromatic carbocycles. The first-order valence-electron chi connectivity index (χ1n) is 5.84. The lowest BCUT2D eigenvalue weighted by atomic mass is 9.64. The second-order valence-electron chi connectivity index (χ2n) is 5.63. The molecular formula is C12H22O. The molecule has 0 aromatic heterocycles. The first-order chi connectivity index (χ1) is 6.12. The number of hydrogen-bond acceptors (Lipinski definition) is 1. The van der Waals surface area contributed by atoms with Gasteiger partial charge in [-0.3, -0.25) is 0 Å². The molecule has 1 nitrogen and oxygen atoms in total. The molecule has 2 fully saturated rings. The molecule has 0 unspecified atom stereocenters. The van der Waals surface area contributed by atoms with E-state index in [0.717, 1.165) is 19.3 Å². The Kier molecular flexibility index (Phi) is 2.39. The SMILES string of the molecule is C[C@@]12CCCCC[C@@](O)(CCC1)C2. The average molecular weight is 182 g/mol. The Morgan fingerprint density at radius 1 is 0.846 bits per heavy atom. The molecule has 0 aliphatic heterocycles. The summed E-state index contributed by atoms with van der Waals surface area (Å²) in [6.45, 7) is 2.38. The van der Waals surface area contributed by atoms with Gasteiger partial charge in [-0.15, -0.1) is 0 Å². The van der Waals surface area contributed by atoms with Crippen LogP contribution in [0.15, 0.2) is 0 Å². The number of aliphatic hydroxyl groups is 1. The minimum absolute atomic E-state index is 0.284. The zero-order valence-corrected chi connectivity index (χ0v) is 8.81. The molecule has 2 rings (SSSR count). The van der Waals surface area contributed by atoms with Gasteiger partial charge in [0, 0.05) is 0 Å². The van der Waals surface area contributed by atoms with E-state index < -0.39 is 0 Å². The first-order valence-corrected chi connectivity index (χ1v) is 5.84. The van der Waals surface area contributed by atoms with Crippen LogP contribution in [0.25, 0.3) is 0 Å². The first kappa shape index (κ1) is 9.51. The van der Waals surface area contributed by atoms with E-state index in [2.05, 4.69) is 6.92 Å². The second-order valence-corrected chi connectivity index (χ2v) is 5.63. The van der Waals surface area contributed by atoms with Gasteiger partial charge in [-0.25, -0.2) is 0 Å². The zero-order chi connectivity index (χ0) is 9.36. The van der Waals surface area contributed by atoms with Crippen molar-refractivity contribution in [3.05, 3.63) is 0 Å². The summed E-state index contributed by atoms with van der Waals surface area (Å²) < 4.78 is 0. The van der Waals surface area contributed by atoms with Crippen LogP contribution in [0.5, 0.6) is 0 Å². The number of hydrogen-bond donors (Lipinski definition) is 1. The summed E-state index contributed by atoms with van der Waals surface area (Å²) in [5.41, 5.74) is 0.181. The zero-order valence-electron chi connectivity index (χ0n) is 8.81. The molecule has 0 heterocycles. The minimum Gasteiger partial charge on any atom is -0.390 e. The largest absolute Gasteiger partial charge is 0.390 e. The summed E-state index contributed by atoms with van der Waals surface area (Å²) in [7, 11) is 0. The molecule has 0 radical (unpaired) electrons. The van der Waals surface area contributed by atoms with Gasteiger partial charge >= 0.3 is 0 Å². The maximum atomic E-state index is 10.4. The van der Waals surface area contributed by atoms with Crippen LogP contribution in [0.4, 0.5) is 0 Å². The monoisotopic (exact) mass is 182 g/mol. The highest BCUT2D eigenvalue weighted by molar-refractivity contribution is 4.93. The fraction of sp³-hybridized carbons (Fsp3) is 1.00. The molecule has 2 saturated carbocycles. The van der Waals surface area contributed by atoms with Crippen molar-refractivity contribution in [2.45, 2.75) is 70.3 Å². The summed E-state index contributed by atoms with van der Waals surface area (Å²) in [5.74, 6) is 0. The summed E-state index contributed by atoms with van der Waals surface area (Å²) in [4.78, 5) is 0. The van der Waals surface area contributed by atoms with Crippen molar-refractivity contribution in [1.29, 1.82) is 0 Å². The van der Waals surface area contributed by atoms with E-state index in [4.69, 9.17) is 0 Å². The normalized spacial score (nSPS) is 46.6. The standard InChI is InChI=1S/C12H22O/c1-11-6-3-2-4-8-12(13,10-11)9-5-7-11/h13H,2-10H2,1H3/t11-,12-/m1/s1. The number of fused-ring (bicyclic) bond motifs is 2. The van der Waals surface area contributed by atoms with E-state index in [1.807, 2.05) is 0 Å². The molecule has 0 amide bonds. The molecular weight excluding hydrogens is 160 g/mol. The molecule has 0 aromatic rings. The summed E-state index contributed by atoms with van der Waals surface area (Å²) in [5, 5.41) is 10.4. The number of rotatable bonds is 0. The van der Waals surface area contributed by atoms with Gasteiger partial charge in [0.05, 0.1) is 5.60 Å². The van der Waals surface area contributed by atoms with Crippen LogP contribution in [-0.4, -0.2) is 10.7 Å². The van der Waals surface area contributed by atoms with Crippen molar-refractivity contribution < 1.29 is 5.11 Å². The highest BCUT2D eigenvalue weighted by atomic mass is 16.3. The third-order valence-corrected chi connectivity index (χ3v) is 4.10. The fourth-order valence-corrected chi connectivity index (χ4v) is 3.42. The molecule has 1 heteroatoms. The Morgan fingerprint density at radius 3 is 2.31 bits per heavy atom. The van der Waals surface area contributed by atoms with Gasteiger partial charge in [0.2, 0.25) is 0 Å². The lowest BCUT2D eigenvalue weighted by Gasteiger charge is -2.45. The molecule has 2 bridgehead atoms. The van der Waals surface area contributed by atoms with E-state index in [-0.39, 0.29) is 5.60 Å². The third-order valence-electron chi connectivity index (χ3n) is 4.10. The van der Waals surface area contributed by atoms with Crippen LogP contribution in [0, 0.1) is 5.41 Å². The van der Waals surface area contributed by atoms with Crippen molar-refractivity contribution in [3.63, 3.8) is 0 Å². The molecule has 0 spiro atoms. The van der Waals surface area contributed by atoms with Crippen molar-refractivity contribution >= 4 is 0 Å². The molecule has 1 N–H and O–H groups in total. The maximum absolute atomic E-state index is 10.4. The Hall–Kier alpha value is -0.0400. The predicted molar refractivity (Wildman–Crippen MR) is 54.6 cm³/mol. The topological polar surface area (TPSA) is 20.2 Å². The van der Waals surface area contributed by atoms with Gasteiger partial charge in [0.25, 0.3) is 0 Å². The van der Waals surface area contributed by atoms with E-state index in [1.165, 1.54) is 38.5 Å². The molecule has 2 atom stereocenters. The molecule has 76 valence electrons. The maximum Gasteiger partial charge on any atom is 0.0653 e. The Bertz CT molecular complexity index is 172. The van der Waals surface area contributed by atoms with Crippen LogP contribution in [-0.2, 0) is 0 Å². The van der Waals surface area contributed by atoms with Gasteiger partial charge in [0.1, 0.15) is 0 Å². The van der Waals surface area contributed by atoms with Crippen LogP contribution < -0.4 is 0 Å². The summed E-state index contributed by atoms with van der Waals surface area (Å²) in [6.07, 6.45) is 11.1. The second kappa shape index (κ2) is 3.27. The Labute approximate surface area is 81.5 Å². The summed E-state index contributed by atoms with van der Waals surface area (Å²) >= 11 is 0. The van der Waals surface area contributed by atoms with E-state index >= 15 is 0 Å². The Morgan fingerprint density at radius 2 is 1.46 bits per heavy atom. The van der Waals surface area contributed by atoms with Crippen molar-refractivity contribution in [2.75, 3.05) is 0 Å². The van der Waals surface area contributed by atoms with Crippen LogP contribution in [0.3, 0.4) is 0 Å². The van der Waals surface area contributed by atoms with Crippen molar-refractivity contribution in [3.8, 4) is 0 Å². The van der Waals surface area contributed by atoms with Gasteiger partial charge in [-0.2, -0.15) is 0 Å². The highest BCUT2D eigenvalue weighted by Gasteiger charge is 2.41.